The lowest BCUT2D eigenvalue weighted by Crippen LogP contribution is -2.35. The smallest absolute Gasteiger partial charge is 0.211 e. The minimum Gasteiger partial charge on any atom is -0.418 e. The summed E-state index contributed by atoms with van der Waals surface area (Å²) in [6, 6.07) is 0. The predicted octanol–water partition coefficient (Wildman–Crippen LogP) is 1.58. The first-order chi connectivity index (χ1) is 4.62. The quantitative estimate of drug-likeness (QED) is 0.345. The van der Waals surface area contributed by atoms with Crippen LogP contribution in [0.5, 0.6) is 0 Å². The number of hydrogen-bond acceptors (Lipinski definition) is 2. The monoisotopic (exact) mass is 160 g/mol. The molecule has 0 aliphatic rings. The van der Waals surface area contributed by atoms with E-state index in [1.807, 2.05) is 0 Å². The normalized spacial score (nSPS) is 11.5. The standard InChI is InChI=1S/C7H16O2Si/c1-5-6-9-7-10(3,4)8-2/h5H,1,6-7H2,2-4H3. The molecule has 0 N–H and O–H groups in total. The Balaban J connectivity index is 3.36. The predicted molar refractivity (Wildman–Crippen MR) is 45.5 cm³/mol. The van der Waals surface area contributed by atoms with Crippen LogP contribution in [-0.4, -0.2) is 28.3 Å². The second-order valence-electron chi connectivity index (χ2n) is 2.77. The van der Waals surface area contributed by atoms with Gasteiger partial charge in [0.05, 0.1) is 12.8 Å². The van der Waals surface area contributed by atoms with Crippen molar-refractivity contribution in [2.75, 3.05) is 19.9 Å². The van der Waals surface area contributed by atoms with Crippen LogP contribution < -0.4 is 0 Å². The molecule has 0 heterocycles. The first-order valence-electron chi connectivity index (χ1n) is 3.36. The maximum absolute atomic E-state index is 5.26. The van der Waals surface area contributed by atoms with Crippen LogP contribution in [0.2, 0.25) is 13.1 Å². The zero-order valence-corrected chi connectivity index (χ0v) is 8.02. The summed E-state index contributed by atoms with van der Waals surface area (Å²) < 4.78 is 10.5. The Morgan fingerprint density at radius 2 is 2.10 bits per heavy atom. The molecule has 0 bridgehead atoms. The van der Waals surface area contributed by atoms with Gasteiger partial charge < -0.3 is 9.16 Å². The van der Waals surface area contributed by atoms with Crippen molar-refractivity contribution in [2.45, 2.75) is 13.1 Å². The van der Waals surface area contributed by atoms with Gasteiger partial charge in [-0.1, -0.05) is 6.08 Å². The Morgan fingerprint density at radius 3 is 2.50 bits per heavy atom. The van der Waals surface area contributed by atoms with Crippen LogP contribution in [0.15, 0.2) is 12.7 Å². The van der Waals surface area contributed by atoms with Gasteiger partial charge in [0.1, 0.15) is 0 Å². The van der Waals surface area contributed by atoms with Crippen LogP contribution in [0.25, 0.3) is 0 Å². The summed E-state index contributed by atoms with van der Waals surface area (Å²) in [5, 5.41) is 0. The van der Waals surface area contributed by atoms with Crippen molar-refractivity contribution in [1.29, 1.82) is 0 Å². The Bertz CT molecular complexity index is 102. The average molecular weight is 160 g/mol. The lowest BCUT2D eigenvalue weighted by molar-refractivity contribution is 0.188. The number of rotatable bonds is 5. The molecule has 0 aliphatic heterocycles. The van der Waals surface area contributed by atoms with E-state index in [1.54, 1.807) is 13.2 Å². The highest BCUT2D eigenvalue weighted by Crippen LogP contribution is 2.01. The molecule has 0 aliphatic carbocycles. The van der Waals surface area contributed by atoms with Crippen molar-refractivity contribution in [1.82, 2.24) is 0 Å². The zero-order valence-electron chi connectivity index (χ0n) is 7.02. The fourth-order valence-corrected chi connectivity index (χ4v) is 1.17. The first-order valence-corrected chi connectivity index (χ1v) is 6.48. The summed E-state index contributed by atoms with van der Waals surface area (Å²) in [5.41, 5.74) is 0. The third kappa shape index (κ3) is 4.73. The van der Waals surface area contributed by atoms with E-state index in [9.17, 15) is 0 Å². The average Bonchev–Trinajstić information content (AvgIpc) is 1.89. The van der Waals surface area contributed by atoms with E-state index in [2.05, 4.69) is 19.7 Å². The SMILES string of the molecule is C=CCOC[Si](C)(C)OC. The number of ether oxygens (including phenoxy) is 1. The van der Waals surface area contributed by atoms with Gasteiger partial charge in [-0.25, -0.2) is 0 Å². The summed E-state index contributed by atoms with van der Waals surface area (Å²) in [7, 11) is 0.255. The summed E-state index contributed by atoms with van der Waals surface area (Å²) in [6.45, 7) is 8.42. The van der Waals surface area contributed by atoms with Gasteiger partial charge in [-0.05, 0) is 13.1 Å². The second-order valence-corrected chi connectivity index (χ2v) is 6.98. The summed E-state index contributed by atoms with van der Waals surface area (Å²) in [4.78, 5) is 0. The topological polar surface area (TPSA) is 18.5 Å². The molecule has 0 amide bonds. The van der Waals surface area contributed by atoms with Crippen molar-refractivity contribution >= 4 is 8.32 Å². The molecule has 0 aromatic rings. The van der Waals surface area contributed by atoms with Crippen LogP contribution >= 0.6 is 0 Å². The van der Waals surface area contributed by atoms with E-state index in [1.165, 1.54) is 0 Å². The molecule has 0 saturated carbocycles. The summed E-state index contributed by atoms with van der Waals surface area (Å²) >= 11 is 0. The highest BCUT2D eigenvalue weighted by molar-refractivity contribution is 6.71. The maximum atomic E-state index is 5.26. The van der Waals surface area contributed by atoms with E-state index in [4.69, 9.17) is 9.16 Å². The molecule has 0 rings (SSSR count). The third-order valence-corrected chi connectivity index (χ3v) is 3.24. The van der Waals surface area contributed by atoms with E-state index in [0.29, 0.717) is 6.61 Å². The largest absolute Gasteiger partial charge is 0.418 e. The Labute approximate surface area is 64.0 Å². The van der Waals surface area contributed by atoms with Crippen molar-refractivity contribution in [3.63, 3.8) is 0 Å². The molecule has 0 spiro atoms. The first kappa shape index (κ1) is 9.88. The van der Waals surface area contributed by atoms with Gasteiger partial charge in [-0.2, -0.15) is 0 Å². The van der Waals surface area contributed by atoms with Crippen LogP contribution in [0.4, 0.5) is 0 Å². The fraction of sp³-hybridized carbons (Fsp3) is 0.714. The van der Waals surface area contributed by atoms with Crippen molar-refractivity contribution in [3.8, 4) is 0 Å². The highest BCUT2D eigenvalue weighted by atomic mass is 28.4. The third-order valence-electron chi connectivity index (χ3n) is 1.24. The fourth-order valence-electron chi connectivity index (χ4n) is 0.447. The van der Waals surface area contributed by atoms with Gasteiger partial charge in [0.2, 0.25) is 8.32 Å². The molecule has 0 aromatic heterocycles. The molecular formula is C7H16O2Si. The van der Waals surface area contributed by atoms with Gasteiger partial charge in [0.25, 0.3) is 0 Å². The summed E-state index contributed by atoms with van der Waals surface area (Å²) in [6.07, 6.45) is 2.50. The minimum absolute atomic E-state index is 0.625. The lowest BCUT2D eigenvalue weighted by atomic mass is 10.7. The lowest BCUT2D eigenvalue weighted by Gasteiger charge is -2.18. The molecule has 0 aromatic carbocycles. The zero-order chi connectivity index (χ0) is 8.04. The number of hydrogen-bond donors (Lipinski definition) is 0. The van der Waals surface area contributed by atoms with Crippen LogP contribution in [0.3, 0.4) is 0 Å². The highest BCUT2D eigenvalue weighted by Gasteiger charge is 2.19. The van der Waals surface area contributed by atoms with E-state index >= 15 is 0 Å². The van der Waals surface area contributed by atoms with Crippen LogP contribution in [0.1, 0.15) is 0 Å². The molecule has 0 atom stereocenters. The Morgan fingerprint density at radius 1 is 1.50 bits per heavy atom. The van der Waals surface area contributed by atoms with Crippen molar-refractivity contribution < 1.29 is 9.16 Å². The molecule has 2 nitrogen and oxygen atoms in total. The molecule has 3 heteroatoms. The van der Waals surface area contributed by atoms with Crippen LogP contribution in [-0.2, 0) is 9.16 Å². The van der Waals surface area contributed by atoms with Crippen molar-refractivity contribution in [3.05, 3.63) is 12.7 Å². The molecule has 0 fully saturated rings. The van der Waals surface area contributed by atoms with Crippen molar-refractivity contribution in [2.24, 2.45) is 0 Å². The minimum atomic E-state index is -1.48. The van der Waals surface area contributed by atoms with Gasteiger partial charge in [-0.15, -0.1) is 6.58 Å². The van der Waals surface area contributed by atoms with E-state index in [-0.39, 0.29) is 0 Å². The van der Waals surface area contributed by atoms with Crippen LogP contribution in [0, 0.1) is 0 Å². The van der Waals surface area contributed by atoms with E-state index in [0.717, 1.165) is 6.23 Å². The Kier molecular flexibility index (Phi) is 4.60. The molecule has 10 heavy (non-hydrogen) atoms. The van der Waals surface area contributed by atoms with Gasteiger partial charge in [0, 0.05) is 7.11 Å². The van der Waals surface area contributed by atoms with Gasteiger partial charge in [0.15, 0.2) is 0 Å². The molecule has 60 valence electrons. The second kappa shape index (κ2) is 4.66. The molecular weight excluding hydrogens is 144 g/mol. The maximum Gasteiger partial charge on any atom is 0.211 e. The van der Waals surface area contributed by atoms with Gasteiger partial charge >= 0.3 is 0 Å². The van der Waals surface area contributed by atoms with E-state index < -0.39 is 8.32 Å². The Hall–Kier alpha value is -0.123. The summed E-state index contributed by atoms with van der Waals surface area (Å²) in [5.74, 6) is 0. The molecule has 0 saturated heterocycles. The van der Waals surface area contributed by atoms with Gasteiger partial charge in [-0.3, -0.25) is 0 Å². The molecule has 0 radical (unpaired) electrons. The molecule has 0 unspecified atom stereocenters.